The topological polar surface area (TPSA) is 182 Å². The van der Waals surface area contributed by atoms with Crippen LogP contribution in [0.25, 0.3) is 14.5 Å². The molecule has 6 heterocycles. The van der Waals surface area contributed by atoms with Gasteiger partial charge >= 0.3 is 5.97 Å². The summed E-state index contributed by atoms with van der Waals surface area (Å²) in [6.07, 6.45) is 8.14. The minimum absolute atomic E-state index is 0.0114. The van der Waals surface area contributed by atoms with Crippen molar-refractivity contribution in [1.82, 2.24) is 15.1 Å². The van der Waals surface area contributed by atoms with E-state index in [9.17, 15) is 28.8 Å². The molecule has 2 amide bonds. The zero-order valence-electron chi connectivity index (χ0n) is 40.7. The number of likely N-dealkylation sites (tertiary alicyclic amines) is 2. The molecule has 0 aromatic rings. The Morgan fingerprint density at radius 1 is 0.567 bits per heavy atom. The number of carboxylic acids is 1. The molecular weight excluding hydrogens is 857 g/mol. The van der Waals surface area contributed by atoms with Crippen LogP contribution in [0.2, 0.25) is 0 Å². The van der Waals surface area contributed by atoms with E-state index >= 15 is 0 Å². The zero-order valence-corrected chi connectivity index (χ0v) is 40.7. The number of allylic oxidation sites excluding steroid dienone is 3. The lowest BCUT2D eigenvalue weighted by molar-refractivity contribution is -0.157. The average Bonchev–Trinajstić information content (AvgIpc) is 3.20. The number of aliphatic carboxylic acids is 1. The number of ketones is 3. The molecule has 362 valence electrons. The van der Waals surface area contributed by atoms with Crippen molar-refractivity contribution in [3.63, 3.8) is 0 Å². The summed E-state index contributed by atoms with van der Waals surface area (Å²) in [5, 5.41) is 11.5. The molecule has 0 unspecified atom stereocenters. The monoisotopic (exact) mass is 924 g/mol. The van der Waals surface area contributed by atoms with E-state index in [0.717, 1.165) is 32.4 Å². The van der Waals surface area contributed by atoms with Crippen molar-refractivity contribution in [2.75, 3.05) is 78.9 Å². The first kappa shape index (κ1) is 51.3. The number of amides is 2. The summed E-state index contributed by atoms with van der Waals surface area (Å²) in [6, 6.07) is 0. The Morgan fingerprint density at radius 3 is 1.18 bits per heavy atom. The number of nitrogens with one attached hydrogen (secondary N) is 1. The van der Waals surface area contributed by atoms with Gasteiger partial charge in [0.05, 0.1) is 71.2 Å². The Bertz CT molecular complexity index is 2160. The Morgan fingerprint density at radius 2 is 0.896 bits per heavy atom. The van der Waals surface area contributed by atoms with Gasteiger partial charge in [-0.05, 0) is 59.8 Å². The number of hydrogen-bond donors (Lipinski definition) is 2. The van der Waals surface area contributed by atoms with Crippen LogP contribution < -0.4 is 5.32 Å². The number of ether oxygens (including phenoxy) is 3. The number of carbonyl (C=O) groups is 6. The molecule has 6 fully saturated rings. The van der Waals surface area contributed by atoms with Crippen molar-refractivity contribution < 1.29 is 48.1 Å². The number of carboxylic acid groups (broad SMARTS) is 1. The standard InChI is InChI=1S/2C17H22N2O3.C13H18N2O.C4H6O3/c2*1-16(2)13-5-6-19(15(21)11-8-22-9-11)10-17(13,3)7-12(18-4)14(16)20;1-12(2)10-5-6-15-8-13(10,3)7-9(14-4)11(12)16;5-4(6)3-1-7-2-3/h2*7,11,13H,5-6,8-10H2,1-3H3;7,10,15H,5-6,8H2,1-3H3;3H,1-2H2,(H,5,6)/t2*13-,17+;10-,13+;/m100./s1. The van der Waals surface area contributed by atoms with Gasteiger partial charge in [0.1, 0.15) is 5.92 Å². The van der Waals surface area contributed by atoms with E-state index < -0.39 is 22.2 Å². The average molecular weight is 925 g/mol. The van der Waals surface area contributed by atoms with E-state index in [4.69, 9.17) is 34.3 Å². The van der Waals surface area contributed by atoms with Crippen molar-refractivity contribution in [2.45, 2.75) is 81.6 Å². The fourth-order valence-corrected chi connectivity index (χ4v) is 12.4. The maximum absolute atomic E-state index is 12.5. The van der Waals surface area contributed by atoms with E-state index in [0.29, 0.717) is 77.4 Å². The predicted molar refractivity (Wildman–Crippen MR) is 246 cm³/mol. The first-order valence-electron chi connectivity index (χ1n) is 23.5. The number of piperidine rings is 3. The van der Waals surface area contributed by atoms with Crippen molar-refractivity contribution in [1.29, 1.82) is 0 Å². The number of hydrogen-bond acceptors (Lipinski definition) is 10. The summed E-state index contributed by atoms with van der Waals surface area (Å²) in [5.41, 5.74) is -1.37. The van der Waals surface area contributed by atoms with Crippen LogP contribution in [-0.2, 0) is 43.0 Å². The van der Waals surface area contributed by atoms with Crippen LogP contribution in [0.15, 0.2) is 35.3 Å². The summed E-state index contributed by atoms with van der Waals surface area (Å²) in [4.78, 5) is 86.0. The van der Waals surface area contributed by atoms with Crippen molar-refractivity contribution in [2.24, 2.45) is 68.0 Å². The molecule has 0 aromatic carbocycles. The van der Waals surface area contributed by atoms with Gasteiger partial charge in [0.2, 0.25) is 28.9 Å². The van der Waals surface area contributed by atoms with Gasteiger partial charge in [-0.15, -0.1) is 0 Å². The fourth-order valence-electron chi connectivity index (χ4n) is 12.4. The van der Waals surface area contributed by atoms with E-state index in [-0.39, 0.29) is 86.4 Å². The van der Waals surface area contributed by atoms with Gasteiger partial charge in [0.25, 0.3) is 0 Å². The van der Waals surface area contributed by atoms with Gasteiger partial charge in [-0.1, -0.05) is 80.5 Å². The normalized spacial score (nSPS) is 33.6. The molecule has 0 aromatic heterocycles. The molecule has 2 N–H and O–H groups in total. The molecule has 16 heteroatoms. The molecule has 6 aliphatic heterocycles. The van der Waals surface area contributed by atoms with Gasteiger partial charge in [0, 0.05) is 49.0 Å². The van der Waals surface area contributed by atoms with E-state index in [1.165, 1.54) is 0 Å². The van der Waals surface area contributed by atoms with E-state index in [1.807, 2.05) is 69.6 Å². The third kappa shape index (κ3) is 9.68. The van der Waals surface area contributed by atoms with Gasteiger partial charge < -0.3 is 48.8 Å². The third-order valence-electron chi connectivity index (χ3n) is 16.4. The molecule has 6 saturated heterocycles. The lowest BCUT2D eigenvalue weighted by Crippen LogP contribution is -2.58. The number of Topliss-reactive ketones (excluding diaryl/α,β-unsaturated/α-hetero) is 3. The van der Waals surface area contributed by atoms with Crippen LogP contribution in [-0.4, -0.2) is 129 Å². The summed E-state index contributed by atoms with van der Waals surface area (Å²) in [7, 11) is 0. The number of carbonyl (C=O) groups excluding carboxylic acids is 5. The summed E-state index contributed by atoms with van der Waals surface area (Å²) >= 11 is 0. The summed E-state index contributed by atoms with van der Waals surface area (Å²) in [6.45, 7) is 47.0. The summed E-state index contributed by atoms with van der Waals surface area (Å²) < 4.78 is 14.8. The lowest BCUT2D eigenvalue weighted by Gasteiger charge is -2.53. The van der Waals surface area contributed by atoms with Gasteiger partial charge in [-0.25, -0.2) is 14.5 Å². The highest BCUT2D eigenvalue weighted by atomic mass is 16.5. The molecular formula is C51H68N6O10. The Kier molecular flexibility index (Phi) is 14.7. The molecule has 67 heavy (non-hydrogen) atoms. The zero-order chi connectivity index (χ0) is 49.5. The molecule has 9 rings (SSSR count). The van der Waals surface area contributed by atoms with Crippen LogP contribution in [0.1, 0.15) is 81.6 Å². The maximum Gasteiger partial charge on any atom is 0.311 e. The third-order valence-corrected chi connectivity index (χ3v) is 16.4. The SMILES string of the molecule is O=C(O)C1COC1.[C-]#[N+]C1=C[C@@]2(C)CN(C(=O)C3COC3)CC[C@@H]2C(C)(C)C1=O.[C-]#[N+]C1=C[C@]2(C)CN(C(=O)C3COC3)CC[C@H]2C(C)(C)C1=O.[C-]#[N+]C1=C[C@]2(C)CNCC[C@H]2C(C)(C)C1=O. The second-order valence-corrected chi connectivity index (χ2v) is 22.4. The Labute approximate surface area is 395 Å². The highest BCUT2D eigenvalue weighted by Gasteiger charge is 2.56. The number of fused-ring (bicyclic) bond motifs is 3. The van der Waals surface area contributed by atoms with Gasteiger partial charge in [-0.2, -0.15) is 0 Å². The molecule has 0 saturated carbocycles. The Balaban J connectivity index is 0.000000156. The fraction of sp³-hybridized carbons (Fsp3) is 0.706. The lowest BCUT2D eigenvalue weighted by atomic mass is 9.55. The summed E-state index contributed by atoms with van der Waals surface area (Å²) in [5.74, 6) is -0.103. The van der Waals surface area contributed by atoms with Crippen LogP contribution in [0.4, 0.5) is 0 Å². The highest BCUT2D eigenvalue weighted by Crippen LogP contribution is 2.54. The number of nitrogens with zero attached hydrogens (tertiary/aromatic N) is 5. The van der Waals surface area contributed by atoms with Gasteiger partial charge in [-0.3, -0.25) is 14.4 Å². The smallest absolute Gasteiger partial charge is 0.311 e. The van der Waals surface area contributed by atoms with Crippen LogP contribution in [0.3, 0.4) is 0 Å². The van der Waals surface area contributed by atoms with Crippen molar-refractivity contribution >= 4 is 35.1 Å². The Hall–Kier alpha value is -5.05. The quantitative estimate of drug-likeness (QED) is 0.340. The van der Waals surface area contributed by atoms with E-state index in [2.05, 4.69) is 45.4 Å². The van der Waals surface area contributed by atoms with E-state index in [1.54, 1.807) is 0 Å². The van der Waals surface area contributed by atoms with Crippen LogP contribution >= 0.6 is 0 Å². The first-order valence-corrected chi connectivity index (χ1v) is 23.5. The van der Waals surface area contributed by atoms with Crippen LogP contribution in [0.5, 0.6) is 0 Å². The molecule has 3 aliphatic carbocycles. The molecule has 0 bridgehead atoms. The molecule has 0 radical (unpaired) electrons. The maximum atomic E-state index is 12.5. The first-order chi connectivity index (χ1) is 31.3. The molecule has 16 nitrogen and oxygen atoms in total. The molecule has 6 atom stereocenters. The minimum Gasteiger partial charge on any atom is -0.481 e. The molecule has 0 spiro atoms. The number of rotatable bonds is 3. The van der Waals surface area contributed by atoms with Crippen molar-refractivity contribution in [3.05, 3.63) is 69.6 Å². The van der Waals surface area contributed by atoms with Crippen LogP contribution in [0, 0.1) is 87.7 Å². The molecule has 9 aliphatic rings. The minimum atomic E-state index is -0.744. The second-order valence-electron chi connectivity index (χ2n) is 22.4. The van der Waals surface area contributed by atoms with Gasteiger partial charge in [0.15, 0.2) is 17.3 Å². The largest absolute Gasteiger partial charge is 0.481 e. The predicted octanol–water partition coefficient (Wildman–Crippen LogP) is 5.53. The second kappa shape index (κ2) is 19.2. The van der Waals surface area contributed by atoms with Crippen molar-refractivity contribution in [3.8, 4) is 0 Å². The highest BCUT2D eigenvalue weighted by molar-refractivity contribution is 6.03.